The third kappa shape index (κ3) is 4.18. The van der Waals surface area contributed by atoms with Crippen LogP contribution in [0.25, 0.3) is 5.57 Å². The van der Waals surface area contributed by atoms with E-state index in [0.29, 0.717) is 41.3 Å². The van der Waals surface area contributed by atoms with Crippen LogP contribution in [0.4, 0.5) is 5.69 Å². The number of fused-ring (bicyclic) bond motifs is 1. The van der Waals surface area contributed by atoms with Crippen molar-refractivity contribution >= 4 is 27.2 Å². The van der Waals surface area contributed by atoms with Gasteiger partial charge in [0.15, 0.2) is 16.4 Å². The molecule has 2 aromatic carbocycles. The van der Waals surface area contributed by atoms with E-state index in [-0.39, 0.29) is 4.91 Å². The van der Waals surface area contributed by atoms with E-state index in [4.69, 9.17) is 14.2 Å². The zero-order chi connectivity index (χ0) is 22.8. The van der Waals surface area contributed by atoms with Crippen LogP contribution in [0.1, 0.15) is 18.1 Å². The maximum Gasteiger partial charge on any atom is 0.269 e. The number of hydrogen-bond acceptors (Lipinski definition) is 6. The molecule has 1 N–H and O–H groups in total. The smallest absolute Gasteiger partial charge is 0.269 e. The summed E-state index contributed by atoms with van der Waals surface area (Å²) >= 11 is 0. The Balaban J connectivity index is 1.88. The predicted octanol–water partition coefficient (Wildman–Crippen LogP) is 2.58. The molecular weight excluding hydrogens is 420 g/mol. The van der Waals surface area contributed by atoms with Crippen molar-refractivity contribution in [3.8, 4) is 17.2 Å². The number of sulfonamides is 1. The highest BCUT2D eigenvalue weighted by Gasteiger charge is 2.38. The number of methoxy groups -OCH3 is 3. The molecule has 3 rings (SSSR count). The summed E-state index contributed by atoms with van der Waals surface area (Å²) in [5.41, 5.74) is 2.37. The number of hydrogen-bond donors (Lipinski definition) is 1. The molecule has 0 aliphatic carbocycles. The molecule has 1 heterocycles. The lowest BCUT2D eigenvalue weighted by Gasteiger charge is -2.30. The van der Waals surface area contributed by atoms with Gasteiger partial charge in [-0.05, 0) is 42.7 Å². The topological polar surface area (TPSA) is 94.2 Å². The first kappa shape index (κ1) is 22.5. The molecule has 31 heavy (non-hydrogen) atoms. The predicted molar refractivity (Wildman–Crippen MR) is 119 cm³/mol. The quantitative estimate of drug-likeness (QED) is 0.703. The van der Waals surface area contributed by atoms with Crippen molar-refractivity contribution < 1.29 is 27.4 Å². The minimum atomic E-state index is -4.02. The van der Waals surface area contributed by atoms with E-state index in [9.17, 15) is 13.2 Å². The second-order valence-electron chi connectivity index (χ2n) is 7.00. The van der Waals surface area contributed by atoms with E-state index in [2.05, 4.69) is 5.32 Å². The van der Waals surface area contributed by atoms with Crippen LogP contribution in [-0.2, 0) is 21.2 Å². The van der Waals surface area contributed by atoms with Crippen molar-refractivity contribution in [1.82, 2.24) is 5.32 Å². The summed E-state index contributed by atoms with van der Waals surface area (Å²) in [6.45, 7) is 1.91. The van der Waals surface area contributed by atoms with Gasteiger partial charge in [-0.2, -0.15) is 0 Å². The Kier molecular flexibility index (Phi) is 6.45. The van der Waals surface area contributed by atoms with Gasteiger partial charge in [-0.3, -0.25) is 9.10 Å². The van der Waals surface area contributed by atoms with Crippen molar-refractivity contribution in [2.45, 2.75) is 13.3 Å². The first-order valence-corrected chi connectivity index (χ1v) is 11.1. The highest BCUT2D eigenvalue weighted by Crippen LogP contribution is 2.44. The van der Waals surface area contributed by atoms with Gasteiger partial charge in [-0.15, -0.1) is 0 Å². The van der Waals surface area contributed by atoms with Crippen LogP contribution < -0.4 is 23.8 Å². The summed E-state index contributed by atoms with van der Waals surface area (Å²) in [5.74, 6) is 0.963. The van der Waals surface area contributed by atoms with Gasteiger partial charge in [0.1, 0.15) is 5.75 Å². The molecule has 1 aliphatic rings. The second-order valence-corrected chi connectivity index (χ2v) is 8.91. The number of amides is 1. The highest BCUT2D eigenvalue weighted by atomic mass is 32.2. The fourth-order valence-electron chi connectivity index (χ4n) is 3.49. The molecule has 166 valence electrons. The molecule has 0 bridgehead atoms. The summed E-state index contributed by atoms with van der Waals surface area (Å²) in [4.78, 5) is 12.6. The lowest BCUT2D eigenvalue weighted by Crippen LogP contribution is -2.39. The van der Waals surface area contributed by atoms with Gasteiger partial charge >= 0.3 is 0 Å². The Bertz CT molecular complexity index is 1120. The van der Waals surface area contributed by atoms with Crippen molar-refractivity contribution in [3.63, 3.8) is 0 Å². The van der Waals surface area contributed by atoms with Gasteiger partial charge in [-0.1, -0.05) is 12.1 Å². The van der Waals surface area contributed by atoms with Gasteiger partial charge in [0, 0.05) is 25.2 Å². The van der Waals surface area contributed by atoms with Crippen LogP contribution in [0, 0.1) is 0 Å². The number of rotatable bonds is 7. The number of anilines is 1. The first-order valence-electron chi connectivity index (χ1n) is 9.62. The molecule has 1 amide bonds. The average molecular weight is 447 g/mol. The van der Waals surface area contributed by atoms with Gasteiger partial charge in [0.25, 0.3) is 15.9 Å². The zero-order valence-corrected chi connectivity index (χ0v) is 19.0. The highest BCUT2D eigenvalue weighted by molar-refractivity contribution is 7.97. The monoisotopic (exact) mass is 446 g/mol. The summed E-state index contributed by atoms with van der Waals surface area (Å²) in [7, 11) is 1.96. The zero-order valence-electron chi connectivity index (χ0n) is 18.2. The molecule has 9 heteroatoms. The molecule has 1 aliphatic heterocycles. The van der Waals surface area contributed by atoms with Gasteiger partial charge < -0.3 is 19.5 Å². The third-order valence-corrected chi connectivity index (χ3v) is 7.19. The number of ether oxygens (including phenoxy) is 3. The molecule has 0 unspecified atom stereocenters. The number of nitrogens with zero attached hydrogens (tertiary/aromatic N) is 1. The largest absolute Gasteiger partial charge is 0.497 e. The number of carbonyl (C=O) groups is 1. The summed E-state index contributed by atoms with van der Waals surface area (Å²) < 4.78 is 43.1. The fraction of sp³-hybridized carbons (Fsp3) is 0.318. The minimum absolute atomic E-state index is 0.274. The molecule has 0 fully saturated rings. The molecule has 0 saturated carbocycles. The fourth-order valence-corrected chi connectivity index (χ4v) is 4.98. The van der Waals surface area contributed by atoms with Gasteiger partial charge in [0.05, 0.1) is 27.0 Å². The van der Waals surface area contributed by atoms with E-state index >= 15 is 0 Å². The molecule has 0 saturated heterocycles. The SMILES string of the molecule is COc1ccc(CCNC(=O)C2=C(C)c3cc(OC)c(OC)cc3N(C)S2(=O)=O)cc1. The van der Waals surface area contributed by atoms with Gasteiger partial charge in [0.2, 0.25) is 0 Å². The van der Waals surface area contributed by atoms with E-state index in [1.165, 1.54) is 21.3 Å². The maximum atomic E-state index is 13.1. The van der Waals surface area contributed by atoms with Crippen molar-refractivity contribution in [3.05, 3.63) is 52.4 Å². The number of carbonyl (C=O) groups excluding carboxylic acids is 1. The number of benzene rings is 2. The molecular formula is C22H26N2O6S. The summed E-state index contributed by atoms with van der Waals surface area (Å²) in [6.07, 6.45) is 0.555. The van der Waals surface area contributed by atoms with Crippen molar-refractivity contribution in [2.75, 3.05) is 39.2 Å². The normalized spacial score (nSPS) is 14.7. The Labute approximate surface area is 182 Å². The minimum Gasteiger partial charge on any atom is -0.497 e. The van der Waals surface area contributed by atoms with Crippen molar-refractivity contribution in [1.29, 1.82) is 0 Å². The lowest BCUT2D eigenvalue weighted by atomic mass is 10.0. The number of nitrogens with one attached hydrogen (secondary N) is 1. The molecule has 0 spiro atoms. The Morgan fingerprint density at radius 1 is 1.00 bits per heavy atom. The molecule has 2 aromatic rings. The second kappa shape index (κ2) is 8.89. The Morgan fingerprint density at radius 2 is 1.61 bits per heavy atom. The van der Waals surface area contributed by atoms with Crippen LogP contribution in [0.5, 0.6) is 17.2 Å². The molecule has 0 aromatic heterocycles. The van der Waals surface area contributed by atoms with Gasteiger partial charge in [-0.25, -0.2) is 8.42 Å². The van der Waals surface area contributed by atoms with Crippen LogP contribution in [0.15, 0.2) is 41.3 Å². The van der Waals surface area contributed by atoms with Crippen LogP contribution in [0.2, 0.25) is 0 Å². The number of allylic oxidation sites excluding steroid dienone is 1. The molecule has 0 radical (unpaired) electrons. The van der Waals surface area contributed by atoms with E-state index in [0.717, 1.165) is 15.6 Å². The van der Waals surface area contributed by atoms with E-state index in [1.54, 1.807) is 26.2 Å². The standard InChI is InChI=1S/C22H26N2O6S/c1-14-17-12-19(29-4)20(30-5)13-18(17)24(2)31(26,27)21(14)22(25)23-11-10-15-6-8-16(28-3)9-7-15/h6-9,12-13H,10-11H2,1-5H3,(H,23,25). The van der Waals surface area contributed by atoms with Crippen molar-refractivity contribution in [2.24, 2.45) is 0 Å². The lowest BCUT2D eigenvalue weighted by molar-refractivity contribution is -0.116. The Hall–Kier alpha value is -3.20. The van der Waals surface area contributed by atoms with E-state index in [1.807, 2.05) is 24.3 Å². The first-order chi connectivity index (χ1) is 14.7. The third-order valence-electron chi connectivity index (χ3n) is 5.27. The molecule has 0 atom stereocenters. The molecule has 8 nitrogen and oxygen atoms in total. The van der Waals surface area contributed by atoms with Crippen LogP contribution in [-0.4, -0.2) is 49.2 Å². The Morgan fingerprint density at radius 3 is 2.19 bits per heavy atom. The summed E-state index contributed by atoms with van der Waals surface area (Å²) in [5, 5.41) is 2.73. The maximum absolute atomic E-state index is 13.1. The van der Waals surface area contributed by atoms with Crippen LogP contribution in [0.3, 0.4) is 0 Å². The van der Waals surface area contributed by atoms with E-state index < -0.39 is 15.9 Å². The summed E-state index contributed by atoms with van der Waals surface area (Å²) in [6, 6.07) is 10.7. The average Bonchev–Trinajstić information content (AvgIpc) is 2.77. The van der Waals surface area contributed by atoms with Crippen LogP contribution >= 0.6 is 0 Å².